The van der Waals surface area contributed by atoms with Crippen LogP contribution in [0.1, 0.15) is 74.8 Å². The van der Waals surface area contributed by atoms with E-state index >= 15 is 0 Å². The molecule has 2 bridgehead atoms. The van der Waals surface area contributed by atoms with Gasteiger partial charge in [-0.3, -0.25) is 0 Å². The zero-order valence-corrected chi connectivity index (χ0v) is 20.8. The number of fused-ring (bicyclic) bond motifs is 5. The third-order valence-electron chi connectivity index (χ3n) is 8.31. The largest absolute Gasteiger partial charge is 0.385 e. The average Bonchev–Trinajstić information content (AvgIpc) is 3.29. The van der Waals surface area contributed by atoms with E-state index in [9.17, 15) is 13.9 Å². The summed E-state index contributed by atoms with van der Waals surface area (Å²) in [5, 5.41) is 18.9. The highest BCUT2D eigenvalue weighted by molar-refractivity contribution is 5.64. The second-order valence-corrected chi connectivity index (χ2v) is 10.4. The Bertz CT molecular complexity index is 1490. The molecule has 1 N–H and O–H groups in total. The van der Waals surface area contributed by atoms with Crippen molar-refractivity contribution in [1.29, 1.82) is 0 Å². The Morgan fingerprint density at radius 2 is 1.78 bits per heavy atom. The van der Waals surface area contributed by atoms with E-state index in [0.717, 1.165) is 29.8 Å². The maximum Gasteiger partial charge on any atom is 0.162 e. The van der Waals surface area contributed by atoms with Gasteiger partial charge in [0.2, 0.25) is 0 Å². The standard InChI is InChI=1S/C28H26F2N6O/c1-4-21(37)26-32-13-15(14-33-26)25-31-11-9-22(34-25)28-10-8-17(27(28,2)3)16-12-20(35-36-24(16)28)23-18(29)6-5-7-19(23)30/h5-7,9,11-14,17,21,37H,4,8,10H2,1-3H3/t17-,21+,28-/m0/s1. The zero-order valence-electron chi connectivity index (χ0n) is 20.8. The van der Waals surface area contributed by atoms with E-state index in [4.69, 9.17) is 4.98 Å². The van der Waals surface area contributed by atoms with Crippen LogP contribution in [0.15, 0.2) is 48.9 Å². The van der Waals surface area contributed by atoms with E-state index in [0.29, 0.717) is 23.6 Å². The molecule has 3 heterocycles. The van der Waals surface area contributed by atoms with Gasteiger partial charge in [0.05, 0.1) is 33.6 Å². The number of aliphatic hydroxyl groups excluding tert-OH is 1. The van der Waals surface area contributed by atoms with Crippen LogP contribution < -0.4 is 0 Å². The number of hydrogen-bond donors (Lipinski definition) is 1. The number of halogens is 2. The van der Waals surface area contributed by atoms with E-state index < -0.39 is 23.2 Å². The molecule has 0 radical (unpaired) electrons. The molecule has 37 heavy (non-hydrogen) atoms. The molecule has 0 aliphatic heterocycles. The molecule has 1 saturated carbocycles. The predicted molar refractivity (Wildman–Crippen MR) is 132 cm³/mol. The van der Waals surface area contributed by atoms with Crippen LogP contribution >= 0.6 is 0 Å². The molecule has 2 aliphatic rings. The Balaban J connectivity index is 1.45. The fourth-order valence-electron chi connectivity index (χ4n) is 6.30. The van der Waals surface area contributed by atoms with Crippen molar-refractivity contribution in [2.24, 2.45) is 5.41 Å². The number of rotatable bonds is 5. The fourth-order valence-corrected chi connectivity index (χ4v) is 6.30. The van der Waals surface area contributed by atoms with Crippen LogP contribution in [0, 0.1) is 17.0 Å². The zero-order chi connectivity index (χ0) is 25.9. The van der Waals surface area contributed by atoms with Gasteiger partial charge in [-0.05, 0) is 60.4 Å². The predicted octanol–water partition coefficient (Wildman–Crippen LogP) is 5.32. The topological polar surface area (TPSA) is 97.6 Å². The summed E-state index contributed by atoms with van der Waals surface area (Å²) >= 11 is 0. The fraction of sp³-hybridized carbons (Fsp3) is 0.357. The van der Waals surface area contributed by atoms with Gasteiger partial charge in [0.15, 0.2) is 11.6 Å². The summed E-state index contributed by atoms with van der Waals surface area (Å²) in [4.78, 5) is 18.0. The molecule has 1 aromatic carbocycles. The minimum atomic E-state index is -0.715. The van der Waals surface area contributed by atoms with Crippen LogP contribution in [0.4, 0.5) is 8.78 Å². The number of aromatic nitrogens is 6. The highest BCUT2D eigenvalue weighted by Gasteiger charge is 2.65. The molecule has 7 nitrogen and oxygen atoms in total. The van der Waals surface area contributed by atoms with Gasteiger partial charge in [-0.1, -0.05) is 26.8 Å². The van der Waals surface area contributed by atoms with Crippen molar-refractivity contribution in [1.82, 2.24) is 30.1 Å². The Morgan fingerprint density at radius 3 is 2.49 bits per heavy atom. The normalized spacial score (nSPS) is 22.2. The summed E-state index contributed by atoms with van der Waals surface area (Å²) in [5.74, 6) is -0.334. The maximum absolute atomic E-state index is 14.5. The van der Waals surface area contributed by atoms with Crippen molar-refractivity contribution >= 4 is 0 Å². The SMILES string of the molecule is CC[C@@H](O)c1ncc(-c2nccc([C@@]34CC[C@@H](c5cc(-c6c(F)cccc6F)nnc53)C4(C)C)n2)cn1. The lowest BCUT2D eigenvalue weighted by Gasteiger charge is -2.37. The van der Waals surface area contributed by atoms with Gasteiger partial charge in [0, 0.05) is 18.6 Å². The lowest BCUT2D eigenvalue weighted by Crippen LogP contribution is -2.38. The van der Waals surface area contributed by atoms with E-state index in [1.165, 1.54) is 18.2 Å². The van der Waals surface area contributed by atoms with E-state index in [-0.39, 0.29) is 22.6 Å². The molecule has 2 aliphatic carbocycles. The van der Waals surface area contributed by atoms with E-state index in [1.807, 2.05) is 13.0 Å². The first kappa shape index (κ1) is 23.7. The average molecular weight is 501 g/mol. The Hall–Kier alpha value is -3.72. The summed E-state index contributed by atoms with van der Waals surface area (Å²) in [6.07, 6.45) is 6.50. The summed E-state index contributed by atoms with van der Waals surface area (Å²) in [5.41, 5.74) is 2.49. The van der Waals surface area contributed by atoms with Crippen molar-refractivity contribution in [3.8, 4) is 22.6 Å². The van der Waals surface area contributed by atoms with Crippen molar-refractivity contribution in [3.63, 3.8) is 0 Å². The molecule has 3 atom stereocenters. The number of benzene rings is 1. The maximum atomic E-state index is 14.5. The minimum Gasteiger partial charge on any atom is -0.385 e. The summed E-state index contributed by atoms with van der Waals surface area (Å²) < 4.78 is 29.0. The van der Waals surface area contributed by atoms with Gasteiger partial charge < -0.3 is 5.11 Å². The number of hydrogen-bond acceptors (Lipinski definition) is 7. The molecule has 1 fully saturated rings. The van der Waals surface area contributed by atoms with Crippen LogP contribution in [-0.2, 0) is 5.41 Å². The first-order chi connectivity index (χ1) is 17.8. The molecule has 188 valence electrons. The van der Waals surface area contributed by atoms with Crippen LogP contribution in [-0.4, -0.2) is 35.2 Å². The lowest BCUT2D eigenvalue weighted by atomic mass is 9.66. The summed E-state index contributed by atoms with van der Waals surface area (Å²) in [6, 6.07) is 7.50. The van der Waals surface area contributed by atoms with Crippen molar-refractivity contribution < 1.29 is 13.9 Å². The first-order valence-electron chi connectivity index (χ1n) is 12.4. The Kier molecular flexibility index (Phi) is 5.38. The highest BCUT2D eigenvalue weighted by Crippen LogP contribution is 2.69. The van der Waals surface area contributed by atoms with Gasteiger partial charge in [-0.25, -0.2) is 28.7 Å². The number of nitrogens with zero attached hydrogens (tertiary/aromatic N) is 6. The summed E-state index contributed by atoms with van der Waals surface area (Å²) in [7, 11) is 0. The molecule has 0 unspecified atom stereocenters. The van der Waals surface area contributed by atoms with Gasteiger partial charge in [0.25, 0.3) is 0 Å². The second-order valence-electron chi connectivity index (χ2n) is 10.4. The second kappa shape index (κ2) is 8.41. The van der Waals surface area contributed by atoms with Crippen molar-refractivity contribution in [3.05, 3.63) is 83.3 Å². The molecule has 9 heteroatoms. The van der Waals surface area contributed by atoms with Gasteiger partial charge in [-0.2, -0.15) is 5.10 Å². The van der Waals surface area contributed by atoms with Crippen molar-refractivity contribution in [2.75, 3.05) is 0 Å². The number of aliphatic hydroxyl groups is 1. The van der Waals surface area contributed by atoms with E-state index in [2.05, 4.69) is 39.0 Å². The highest BCUT2D eigenvalue weighted by atomic mass is 19.1. The first-order valence-corrected chi connectivity index (χ1v) is 12.4. The third kappa shape index (κ3) is 3.33. The minimum absolute atomic E-state index is 0.142. The Labute approximate surface area is 213 Å². The molecule has 0 saturated heterocycles. The van der Waals surface area contributed by atoms with Gasteiger partial charge in [-0.15, -0.1) is 5.10 Å². The molecule has 4 aromatic rings. The lowest BCUT2D eigenvalue weighted by molar-refractivity contribution is 0.163. The molecule has 3 aromatic heterocycles. The Morgan fingerprint density at radius 1 is 1.05 bits per heavy atom. The molecular formula is C28H26F2N6O. The van der Waals surface area contributed by atoms with Gasteiger partial charge >= 0.3 is 0 Å². The van der Waals surface area contributed by atoms with E-state index in [1.54, 1.807) is 24.7 Å². The third-order valence-corrected chi connectivity index (χ3v) is 8.31. The van der Waals surface area contributed by atoms with Gasteiger partial charge in [0.1, 0.15) is 17.7 Å². The van der Waals surface area contributed by atoms with Crippen LogP contribution in [0.3, 0.4) is 0 Å². The molecule has 0 amide bonds. The molecular weight excluding hydrogens is 474 g/mol. The molecule has 0 spiro atoms. The van der Waals surface area contributed by atoms with Crippen LogP contribution in [0.2, 0.25) is 0 Å². The smallest absolute Gasteiger partial charge is 0.162 e. The summed E-state index contributed by atoms with van der Waals surface area (Å²) in [6.45, 7) is 6.26. The van der Waals surface area contributed by atoms with Crippen LogP contribution in [0.25, 0.3) is 22.6 Å². The molecule has 6 rings (SSSR count). The van der Waals surface area contributed by atoms with Crippen LogP contribution in [0.5, 0.6) is 0 Å². The monoisotopic (exact) mass is 500 g/mol. The van der Waals surface area contributed by atoms with Crippen molar-refractivity contribution in [2.45, 2.75) is 57.5 Å². The quantitative estimate of drug-likeness (QED) is 0.396.